The predicted octanol–water partition coefficient (Wildman–Crippen LogP) is 2.06. The Morgan fingerprint density at radius 3 is 2.32 bits per heavy atom. The molecule has 0 radical (unpaired) electrons. The Labute approximate surface area is 106 Å². The largest absolute Gasteiger partial charge is 0.422 e. The smallest absolute Gasteiger partial charge is 0.324 e. The van der Waals surface area contributed by atoms with Crippen LogP contribution in [-0.4, -0.2) is 27.7 Å². The van der Waals surface area contributed by atoms with Crippen LogP contribution in [0, 0.1) is 0 Å². The first-order chi connectivity index (χ1) is 9.06. The second-order valence-electron chi connectivity index (χ2n) is 3.47. The van der Waals surface area contributed by atoms with Crippen LogP contribution in [0.3, 0.4) is 0 Å². The Bertz CT molecular complexity index is 553. The fourth-order valence-corrected chi connectivity index (χ4v) is 1.29. The Kier molecular flexibility index (Phi) is 3.79. The molecule has 0 bridgehead atoms. The maximum absolute atomic E-state index is 12.8. The van der Waals surface area contributed by atoms with Crippen molar-refractivity contribution in [3.63, 3.8) is 0 Å². The standard InChI is InChI=1S/C11H9F3N4O/c12-7(13)8(14)19-11-17-9(16-10(15)18-11)6-4-2-1-3-5-6/h1-5,7-8H,(H2,15,16,17,18). The summed E-state index contributed by atoms with van der Waals surface area (Å²) in [5, 5.41) is 0. The number of aromatic nitrogens is 3. The highest BCUT2D eigenvalue weighted by molar-refractivity contribution is 5.55. The lowest BCUT2D eigenvalue weighted by Crippen LogP contribution is -2.21. The number of ether oxygens (including phenoxy) is 1. The molecule has 1 atom stereocenters. The van der Waals surface area contributed by atoms with E-state index in [9.17, 15) is 13.2 Å². The molecule has 1 heterocycles. The summed E-state index contributed by atoms with van der Waals surface area (Å²) in [6.07, 6.45) is -6.11. The molecule has 1 aromatic heterocycles. The molecule has 5 nitrogen and oxygen atoms in total. The first kappa shape index (κ1) is 13.1. The van der Waals surface area contributed by atoms with Crippen molar-refractivity contribution in [3.05, 3.63) is 30.3 Å². The summed E-state index contributed by atoms with van der Waals surface area (Å²) in [6.45, 7) is 0. The van der Waals surface area contributed by atoms with Crippen molar-refractivity contribution in [1.29, 1.82) is 0 Å². The van der Waals surface area contributed by atoms with Crippen molar-refractivity contribution in [2.45, 2.75) is 12.8 Å². The second-order valence-corrected chi connectivity index (χ2v) is 3.47. The van der Waals surface area contributed by atoms with Crippen molar-refractivity contribution in [2.75, 3.05) is 5.73 Å². The molecule has 2 aromatic rings. The topological polar surface area (TPSA) is 73.9 Å². The Hall–Kier alpha value is -2.38. The summed E-state index contributed by atoms with van der Waals surface area (Å²) >= 11 is 0. The quantitative estimate of drug-likeness (QED) is 0.920. The zero-order valence-corrected chi connectivity index (χ0v) is 9.50. The van der Waals surface area contributed by atoms with Gasteiger partial charge in [-0.1, -0.05) is 30.3 Å². The third kappa shape index (κ3) is 3.30. The lowest BCUT2D eigenvalue weighted by Gasteiger charge is -2.09. The van der Waals surface area contributed by atoms with Crippen molar-refractivity contribution >= 4 is 5.95 Å². The Balaban J connectivity index is 2.30. The lowest BCUT2D eigenvalue weighted by atomic mass is 10.2. The van der Waals surface area contributed by atoms with Gasteiger partial charge in [0.1, 0.15) is 0 Å². The number of benzene rings is 1. The van der Waals surface area contributed by atoms with E-state index >= 15 is 0 Å². The molecule has 1 unspecified atom stereocenters. The van der Waals surface area contributed by atoms with Crippen molar-refractivity contribution in [3.8, 4) is 17.4 Å². The van der Waals surface area contributed by atoms with Gasteiger partial charge in [0.05, 0.1) is 0 Å². The molecule has 0 aliphatic carbocycles. The van der Waals surface area contributed by atoms with E-state index in [1.54, 1.807) is 30.3 Å². The fourth-order valence-electron chi connectivity index (χ4n) is 1.29. The molecule has 0 fully saturated rings. The SMILES string of the molecule is Nc1nc(OC(F)C(F)F)nc(-c2ccccc2)n1. The lowest BCUT2D eigenvalue weighted by molar-refractivity contribution is -0.0713. The van der Waals surface area contributed by atoms with E-state index in [1.165, 1.54) is 0 Å². The molecule has 1 aromatic carbocycles. The number of halogens is 3. The summed E-state index contributed by atoms with van der Waals surface area (Å²) in [7, 11) is 0. The third-order valence-electron chi connectivity index (χ3n) is 2.08. The van der Waals surface area contributed by atoms with Gasteiger partial charge in [-0.3, -0.25) is 0 Å². The van der Waals surface area contributed by atoms with Crippen LogP contribution in [0.2, 0.25) is 0 Å². The summed E-state index contributed by atoms with van der Waals surface area (Å²) < 4.78 is 41.1. The highest BCUT2D eigenvalue weighted by Gasteiger charge is 2.22. The molecular formula is C11H9F3N4O. The second kappa shape index (κ2) is 5.51. The zero-order valence-electron chi connectivity index (χ0n) is 9.50. The molecule has 2 rings (SSSR count). The molecule has 0 saturated heterocycles. The van der Waals surface area contributed by atoms with Crippen LogP contribution in [0.15, 0.2) is 30.3 Å². The van der Waals surface area contributed by atoms with Gasteiger partial charge in [-0.15, -0.1) is 0 Å². The molecule has 0 aliphatic heterocycles. The van der Waals surface area contributed by atoms with Gasteiger partial charge in [0.25, 0.3) is 0 Å². The van der Waals surface area contributed by atoms with E-state index in [0.717, 1.165) is 0 Å². The maximum atomic E-state index is 12.8. The normalized spacial score (nSPS) is 12.4. The van der Waals surface area contributed by atoms with Crippen molar-refractivity contribution < 1.29 is 17.9 Å². The minimum absolute atomic E-state index is 0.115. The number of rotatable bonds is 4. The third-order valence-corrected chi connectivity index (χ3v) is 2.08. The summed E-state index contributed by atoms with van der Waals surface area (Å²) in [4.78, 5) is 11.0. The van der Waals surface area contributed by atoms with Crippen LogP contribution in [0.5, 0.6) is 6.01 Å². The predicted molar refractivity (Wildman–Crippen MR) is 61.2 cm³/mol. The van der Waals surface area contributed by atoms with Gasteiger partial charge in [0, 0.05) is 5.56 Å². The first-order valence-corrected chi connectivity index (χ1v) is 5.22. The van der Waals surface area contributed by atoms with Crippen LogP contribution in [-0.2, 0) is 0 Å². The number of hydrogen-bond acceptors (Lipinski definition) is 5. The minimum Gasteiger partial charge on any atom is -0.422 e. The number of nitrogens with zero attached hydrogens (tertiary/aromatic N) is 3. The molecule has 0 aliphatic rings. The van der Waals surface area contributed by atoms with Crippen molar-refractivity contribution in [1.82, 2.24) is 15.0 Å². The summed E-state index contributed by atoms with van der Waals surface area (Å²) in [5.74, 6) is -0.130. The van der Waals surface area contributed by atoms with E-state index in [1.807, 2.05) is 0 Å². The van der Waals surface area contributed by atoms with E-state index in [4.69, 9.17) is 5.73 Å². The van der Waals surface area contributed by atoms with Gasteiger partial charge in [-0.05, 0) is 0 Å². The highest BCUT2D eigenvalue weighted by atomic mass is 19.3. The van der Waals surface area contributed by atoms with Crippen LogP contribution in [0.25, 0.3) is 11.4 Å². The minimum atomic E-state index is -3.29. The Morgan fingerprint density at radius 2 is 1.68 bits per heavy atom. The number of alkyl halides is 3. The maximum Gasteiger partial charge on any atom is 0.324 e. The molecule has 19 heavy (non-hydrogen) atoms. The first-order valence-electron chi connectivity index (χ1n) is 5.22. The summed E-state index contributed by atoms with van der Waals surface area (Å²) in [6, 6.07) is 8.01. The van der Waals surface area contributed by atoms with E-state index in [2.05, 4.69) is 19.7 Å². The molecular weight excluding hydrogens is 261 g/mol. The highest BCUT2D eigenvalue weighted by Crippen LogP contribution is 2.19. The van der Waals surface area contributed by atoms with Gasteiger partial charge in [0.15, 0.2) is 5.82 Å². The number of nitrogen functional groups attached to an aromatic ring is 1. The molecule has 100 valence electrons. The molecule has 0 saturated carbocycles. The number of nitrogens with two attached hydrogens (primary N) is 1. The van der Waals surface area contributed by atoms with E-state index in [0.29, 0.717) is 5.56 Å². The van der Waals surface area contributed by atoms with Crippen molar-refractivity contribution in [2.24, 2.45) is 0 Å². The van der Waals surface area contributed by atoms with Gasteiger partial charge < -0.3 is 10.5 Å². The monoisotopic (exact) mass is 270 g/mol. The zero-order chi connectivity index (χ0) is 13.8. The van der Waals surface area contributed by atoms with E-state index in [-0.39, 0.29) is 11.8 Å². The average Bonchev–Trinajstić information content (AvgIpc) is 2.39. The Morgan fingerprint density at radius 1 is 1.00 bits per heavy atom. The number of hydrogen-bond donors (Lipinski definition) is 1. The molecule has 8 heteroatoms. The average molecular weight is 270 g/mol. The van der Waals surface area contributed by atoms with Gasteiger partial charge in [-0.25, -0.2) is 8.78 Å². The fraction of sp³-hybridized carbons (Fsp3) is 0.182. The summed E-state index contributed by atoms with van der Waals surface area (Å²) in [5.41, 5.74) is 5.97. The van der Waals surface area contributed by atoms with Crippen LogP contribution < -0.4 is 10.5 Å². The molecule has 2 N–H and O–H groups in total. The van der Waals surface area contributed by atoms with Gasteiger partial charge >= 0.3 is 18.8 Å². The van der Waals surface area contributed by atoms with E-state index < -0.39 is 18.8 Å². The van der Waals surface area contributed by atoms with Gasteiger partial charge in [0.2, 0.25) is 5.95 Å². The number of anilines is 1. The van der Waals surface area contributed by atoms with Gasteiger partial charge in [-0.2, -0.15) is 19.3 Å². The van der Waals surface area contributed by atoms with Crippen LogP contribution in [0.4, 0.5) is 19.1 Å². The van der Waals surface area contributed by atoms with Crippen LogP contribution >= 0.6 is 0 Å². The molecule has 0 spiro atoms. The van der Waals surface area contributed by atoms with Crippen LogP contribution in [0.1, 0.15) is 0 Å². The molecule has 0 amide bonds.